The second-order valence-corrected chi connectivity index (χ2v) is 8.55. The minimum Gasteiger partial charge on any atom is -0.391 e. The van der Waals surface area contributed by atoms with Gasteiger partial charge in [-0.15, -0.1) is 0 Å². The number of Topliss-reactive ketones (excluding diaryl/α,β-unsaturated/α-hetero) is 1. The van der Waals surface area contributed by atoms with Crippen molar-refractivity contribution in [2.24, 2.45) is 0 Å². The van der Waals surface area contributed by atoms with Gasteiger partial charge < -0.3 is 26.2 Å². The van der Waals surface area contributed by atoms with Gasteiger partial charge in [-0.3, -0.25) is 19.4 Å². The number of benzene rings is 2. The Bertz CT molecular complexity index is 1280. The van der Waals surface area contributed by atoms with Crippen LogP contribution >= 0.6 is 0 Å². The van der Waals surface area contributed by atoms with Gasteiger partial charge in [-0.1, -0.05) is 11.8 Å². The Hall–Kier alpha value is -4.36. The first-order chi connectivity index (χ1) is 18.4. The fourth-order valence-electron chi connectivity index (χ4n) is 3.47. The van der Waals surface area contributed by atoms with Crippen molar-refractivity contribution in [3.8, 4) is 11.8 Å². The van der Waals surface area contributed by atoms with E-state index < -0.39 is 30.4 Å². The molecule has 2 amide bonds. The molecule has 3 aromatic rings. The van der Waals surface area contributed by atoms with Crippen molar-refractivity contribution >= 4 is 23.3 Å². The first-order valence-corrected chi connectivity index (χ1v) is 12.1. The van der Waals surface area contributed by atoms with Crippen molar-refractivity contribution in [2.45, 2.75) is 25.5 Å². The SMILES string of the molecule is C[C@@H](O)[C@H](NC(=O)c1ccc(C#Cc2ccc(NC(=O)CNCCc3ccncc3)cc2)cc1)C(=O)CO. The lowest BCUT2D eigenvalue weighted by Gasteiger charge is -2.19. The van der Waals surface area contributed by atoms with Crippen molar-refractivity contribution in [3.63, 3.8) is 0 Å². The summed E-state index contributed by atoms with van der Waals surface area (Å²) < 4.78 is 0. The van der Waals surface area contributed by atoms with E-state index in [2.05, 4.69) is 32.8 Å². The summed E-state index contributed by atoms with van der Waals surface area (Å²) in [5.74, 6) is 4.69. The maximum Gasteiger partial charge on any atom is 0.251 e. The monoisotopic (exact) mass is 514 g/mol. The number of nitrogens with zero attached hydrogens (tertiary/aromatic N) is 1. The maximum atomic E-state index is 12.4. The Morgan fingerprint density at radius 2 is 1.53 bits per heavy atom. The molecule has 0 saturated heterocycles. The zero-order valence-corrected chi connectivity index (χ0v) is 21.0. The van der Waals surface area contributed by atoms with E-state index in [0.29, 0.717) is 23.4 Å². The summed E-state index contributed by atoms with van der Waals surface area (Å²) >= 11 is 0. The Labute approximate surface area is 221 Å². The number of amides is 2. The van der Waals surface area contributed by atoms with Crippen LogP contribution in [0.2, 0.25) is 0 Å². The summed E-state index contributed by atoms with van der Waals surface area (Å²) in [7, 11) is 0. The van der Waals surface area contributed by atoms with Gasteiger partial charge in [0.1, 0.15) is 12.6 Å². The topological polar surface area (TPSA) is 141 Å². The molecule has 0 aliphatic rings. The van der Waals surface area contributed by atoms with Gasteiger partial charge in [0.2, 0.25) is 5.91 Å². The molecule has 9 heteroatoms. The number of aliphatic hydroxyl groups excluding tert-OH is 2. The Balaban J connectivity index is 1.47. The van der Waals surface area contributed by atoms with Crippen LogP contribution in [-0.4, -0.2) is 64.6 Å². The lowest BCUT2D eigenvalue weighted by molar-refractivity contribution is -0.125. The molecule has 1 heterocycles. The molecule has 0 aliphatic carbocycles. The third-order valence-corrected chi connectivity index (χ3v) is 5.56. The van der Waals surface area contributed by atoms with Gasteiger partial charge in [0.15, 0.2) is 5.78 Å². The average Bonchev–Trinajstić information content (AvgIpc) is 2.94. The Morgan fingerprint density at radius 1 is 0.921 bits per heavy atom. The first-order valence-electron chi connectivity index (χ1n) is 12.1. The van der Waals surface area contributed by atoms with Crippen LogP contribution in [0.15, 0.2) is 73.1 Å². The molecule has 5 N–H and O–H groups in total. The molecule has 2 atom stereocenters. The molecule has 0 unspecified atom stereocenters. The average molecular weight is 515 g/mol. The summed E-state index contributed by atoms with van der Waals surface area (Å²) in [6.07, 6.45) is 3.17. The fourth-order valence-corrected chi connectivity index (χ4v) is 3.47. The number of hydrogen-bond donors (Lipinski definition) is 5. The van der Waals surface area contributed by atoms with Crippen molar-refractivity contribution in [2.75, 3.05) is 25.0 Å². The third kappa shape index (κ3) is 8.94. The molecule has 0 radical (unpaired) electrons. The van der Waals surface area contributed by atoms with Crippen LogP contribution < -0.4 is 16.0 Å². The molecule has 2 aromatic carbocycles. The molecule has 0 aliphatic heterocycles. The van der Waals surface area contributed by atoms with Crippen LogP contribution in [0.4, 0.5) is 5.69 Å². The second-order valence-electron chi connectivity index (χ2n) is 8.55. The molecule has 1 aromatic heterocycles. The lowest BCUT2D eigenvalue weighted by Crippen LogP contribution is -2.48. The molecule has 0 spiro atoms. The Morgan fingerprint density at radius 3 is 2.11 bits per heavy atom. The number of ketones is 1. The van der Waals surface area contributed by atoms with E-state index >= 15 is 0 Å². The predicted molar refractivity (Wildman–Crippen MR) is 143 cm³/mol. The highest BCUT2D eigenvalue weighted by atomic mass is 16.3. The molecular weight excluding hydrogens is 484 g/mol. The standard InChI is InChI=1S/C29H30N4O5/c1-20(35)28(26(36)19-34)33-29(38)24-8-4-21(5-9-24)2-3-22-6-10-25(11-7-22)32-27(37)18-31-17-14-23-12-15-30-16-13-23/h4-13,15-16,20,28,31,34-35H,14,17-19H2,1H3,(H,32,37)(H,33,38)/t20-,28+/m1/s1. The number of aromatic nitrogens is 1. The molecule has 9 nitrogen and oxygen atoms in total. The van der Waals surface area contributed by atoms with Crippen LogP contribution in [0, 0.1) is 11.8 Å². The van der Waals surface area contributed by atoms with Crippen LogP contribution in [0.1, 0.15) is 34.0 Å². The van der Waals surface area contributed by atoms with Gasteiger partial charge in [0, 0.05) is 34.8 Å². The largest absolute Gasteiger partial charge is 0.391 e. The van der Waals surface area contributed by atoms with E-state index in [1.807, 2.05) is 12.1 Å². The lowest BCUT2D eigenvalue weighted by atomic mass is 10.1. The zero-order chi connectivity index (χ0) is 27.3. The van der Waals surface area contributed by atoms with Gasteiger partial charge in [-0.25, -0.2) is 0 Å². The summed E-state index contributed by atoms with van der Waals surface area (Å²) in [6.45, 7) is 1.48. The number of anilines is 1. The number of nitrogens with one attached hydrogen (secondary N) is 3. The highest BCUT2D eigenvalue weighted by Gasteiger charge is 2.25. The highest BCUT2D eigenvalue weighted by Crippen LogP contribution is 2.10. The minimum atomic E-state index is -1.19. The summed E-state index contributed by atoms with van der Waals surface area (Å²) in [5, 5.41) is 27.1. The summed E-state index contributed by atoms with van der Waals surface area (Å²) in [6, 6.07) is 16.3. The van der Waals surface area contributed by atoms with Crippen LogP contribution in [0.3, 0.4) is 0 Å². The molecule has 0 saturated carbocycles. The van der Waals surface area contributed by atoms with Crippen molar-refractivity contribution in [3.05, 3.63) is 95.3 Å². The second kappa shape index (κ2) is 14.4. The highest BCUT2D eigenvalue weighted by molar-refractivity contribution is 5.98. The summed E-state index contributed by atoms with van der Waals surface area (Å²) in [4.78, 5) is 40.2. The molecule has 38 heavy (non-hydrogen) atoms. The molecular formula is C29H30N4O5. The predicted octanol–water partition coefficient (Wildman–Crippen LogP) is 1.29. The van der Waals surface area contributed by atoms with Gasteiger partial charge in [0.05, 0.1) is 12.6 Å². The fraction of sp³-hybridized carbons (Fsp3) is 0.241. The number of pyridine rings is 1. The van der Waals surface area contributed by atoms with E-state index in [0.717, 1.165) is 17.5 Å². The summed E-state index contributed by atoms with van der Waals surface area (Å²) in [5.41, 5.74) is 3.54. The van der Waals surface area contributed by atoms with Crippen molar-refractivity contribution < 1.29 is 24.6 Å². The maximum absolute atomic E-state index is 12.4. The van der Waals surface area contributed by atoms with E-state index in [-0.39, 0.29) is 12.5 Å². The molecule has 0 fully saturated rings. The van der Waals surface area contributed by atoms with E-state index in [1.165, 1.54) is 6.92 Å². The van der Waals surface area contributed by atoms with E-state index in [4.69, 9.17) is 5.11 Å². The van der Waals surface area contributed by atoms with E-state index in [9.17, 15) is 19.5 Å². The molecule has 0 bridgehead atoms. The van der Waals surface area contributed by atoms with Gasteiger partial charge in [-0.05, 0) is 86.1 Å². The van der Waals surface area contributed by atoms with Gasteiger partial charge in [0.25, 0.3) is 5.91 Å². The number of aliphatic hydroxyl groups is 2. The zero-order valence-electron chi connectivity index (χ0n) is 21.0. The van der Waals surface area contributed by atoms with Crippen molar-refractivity contribution in [1.82, 2.24) is 15.6 Å². The number of carbonyl (C=O) groups is 3. The quantitative estimate of drug-likeness (QED) is 0.192. The van der Waals surface area contributed by atoms with Crippen molar-refractivity contribution in [1.29, 1.82) is 0 Å². The van der Waals surface area contributed by atoms with Crippen LogP contribution in [0.5, 0.6) is 0 Å². The normalized spacial score (nSPS) is 12.0. The number of rotatable bonds is 11. The Kier molecular flexibility index (Phi) is 10.7. The molecule has 196 valence electrons. The van der Waals surface area contributed by atoms with Gasteiger partial charge >= 0.3 is 0 Å². The molecule has 3 rings (SSSR count). The number of carbonyl (C=O) groups excluding carboxylic acids is 3. The number of hydrogen-bond acceptors (Lipinski definition) is 7. The van der Waals surface area contributed by atoms with Crippen LogP contribution in [0.25, 0.3) is 0 Å². The first kappa shape index (κ1) is 28.2. The smallest absolute Gasteiger partial charge is 0.251 e. The third-order valence-electron chi connectivity index (χ3n) is 5.56. The van der Waals surface area contributed by atoms with Crippen LogP contribution in [-0.2, 0) is 16.0 Å². The van der Waals surface area contributed by atoms with E-state index in [1.54, 1.807) is 60.9 Å². The minimum absolute atomic E-state index is 0.136. The van der Waals surface area contributed by atoms with Gasteiger partial charge in [-0.2, -0.15) is 0 Å².